The summed E-state index contributed by atoms with van der Waals surface area (Å²) < 4.78 is 3.96. The standard InChI is InChI=1S/C16H28N8.HI/c1-6-15-21-20-11-24(15)9-8-18-16(17-7-2)19-10-14-12(3)22-23(5)13(14)4;/h11H,6-10H2,1-5H3,(H2,17,18,19);1H. The largest absolute Gasteiger partial charge is 0.357 e. The van der Waals surface area contributed by atoms with Crippen LogP contribution in [0.4, 0.5) is 0 Å². The zero-order valence-electron chi connectivity index (χ0n) is 15.7. The van der Waals surface area contributed by atoms with Gasteiger partial charge in [-0.05, 0) is 20.8 Å². The second kappa shape index (κ2) is 10.4. The van der Waals surface area contributed by atoms with Gasteiger partial charge in [0.25, 0.3) is 0 Å². The van der Waals surface area contributed by atoms with E-state index in [-0.39, 0.29) is 24.0 Å². The van der Waals surface area contributed by atoms with Gasteiger partial charge in [0, 0.05) is 44.4 Å². The Balaban J connectivity index is 0.00000312. The highest BCUT2D eigenvalue weighted by Crippen LogP contribution is 2.12. The van der Waals surface area contributed by atoms with Crippen molar-refractivity contribution in [2.24, 2.45) is 12.0 Å². The zero-order chi connectivity index (χ0) is 17.5. The van der Waals surface area contributed by atoms with E-state index in [4.69, 9.17) is 0 Å². The highest BCUT2D eigenvalue weighted by molar-refractivity contribution is 14.0. The quantitative estimate of drug-likeness (QED) is 0.372. The SMILES string of the molecule is CCNC(=NCc1c(C)nn(C)c1C)NCCn1cnnc1CC.I. The molecule has 140 valence electrons. The van der Waals surface area contributed by atoms with Gasteiger partial charge in [0.05, 0.1) is 12.2 Å². The fraction of sp³-hybridized carbons (Fsp3) is 0.625. The summed E-state index contributed by atoms with van der Waals surface area (Å²) in [5.41, 5.74) is 3.37. The van der Waals surface area contributed by atoms with Crippen LogP contribution in [-0.4, -0.2) is 43.6 Å². The second-order valence-electron chi connectivity index (χ2n) is 5.69. The van der Waals surface area contributed by atoms with Gasteiger partial charge >= 0.3 is 0 Å². The van der Waals surface area contributed by atoms with Crippen LogP contribution in [0.2, 0.25) is 0 Å². The first-order chi connectivity index (χ1) is 11.6. The molecule has 0 radical (unpaired) electrons. The minimum Gasteiger partial charge on any atom is -0.357 e. The number of nitrogens with zero attached hydrogens (tertiary/aromatic N) is 6. The van der Waals surface area contributed by atoms with Crippen LogP contribution in [0.3, 0.4) is 0 Å². The van der Waals surface area contributed by atoms with Gasteiger partial charge < -0.3 is 15.2 Å². The van der Waals surface area contributed by atoms with Crippen molar-refractivity contribution < 1.29 is 0 Å². The summed E-state index contributed by atoms with van der Waals surface area (Å²) in [6, 6.07) is 0. The highest BCUT2D eigenvalue weighted by Gasteiger charge is 2.09. The number of aryl methyl sites for hydroxylation is 3. The molecule has 0 fully saturated rings. The number of nitrogens with one attached hydrogen (secondary N) is 2. The number of hydrogen-bond acceptors (Lipinski definition) is 4. The summed E-state index contributed by atoms with van der Waals surface area (Å²) >= 11 is 0. The Morgan fingerprint density at radius 3 is 2.60 bits per heavy atom. The third-order valence-electron chi connectivity index (χ3n) is 4.06. The van der Waals surface area contributed by atoms with Crippen molar-refractivity contribution in [2.75, 3.05) is 13.1 Å². The molecule has 0 aromatic carbocycles. The van der Waals surface area contributed by atoms with Crippen molar-refractivity contribution in [2.45, 2.75) is 47.2 Å². The topological polar surface area (TPSA) is 85.0 Å². The summed E-state index contributed by atoms with van der Waals surface area (Å²) in [4.78, 5) is 4.68. The lowest BCUT2D eigenvalue weighted by molar-refractivity contribution is 0.632. The number of aliphatic imine (C=N–C) groups is 1. The molecular weight excluding hydrogens is 431 g/mol. The van der Waals surface area contributed by atoms with Gasteiger partial charge in [-0.25, -0.2) is 4.99 Å². The van der Waals surface area contributed by atoms with Crippen LogP contribution in [0.5, 0.6) is 0 Å². The lowest BCUT2D eigenvalue weighted by atomic mass is 10.2. The lowest BCUT2D eigenvalue weighted by Gasteiger charge is -2.12. The third kappa shape index (κ3) is 5.68. The Morgan fingerprint density at radius 2 is 2.00 bits per heavy atom. The molecule has 0 unspecified atom stereocenters. The number of halogens is 1. The van der Waals surface area contributed by atoms with Crippen LogP contribution in [0, 0.1) is 13.8 Å². The molecule has 0 aliphatic heterocycles. The molecule has 0 saturated carbocycles. The molecule has 8 nitrogen and oxygen atoms in total. The first-order valence-electron chi connectivity index (χ1n) is 8.44. The average molecular weight is 460 g/mol. The number of hydrogen-bond donors (Lipinski definition) is 2. The van der Waals surface area contributed by atoms with Gasteiger partial charge in [0.1, 0.15) is 12.2 Å². The van der Waals surface area contributed by atoms with Crippen LogP contribution in [0.25, 0.3) is 0 Å². The van der Waals surface area contributed by atoms with Gasteiger partial charge in [0.2, 0.25) is 0 Å². The third-order valence-corrected chi connectivity index (χ3v) is 4.06. The van der Waals surface area contributed by atoms with Crippen LogP contribution in [-0.2, 0) is 26.6 Å². The molecule has 0 aliphatic rings. The van der Waals surface area contributed by atoms with E-state index >= 15 is 0 Å². The molecule has 2 N–H and O–H groups in total. The Morgan fingerprint density at radius 1 is 1.24 bits per heavy atom. The molecule has 0 bridgehead atoms. The first-order valence-corrected chi connectivity index (χ1v) is 8.44. The van der Waals surface area contributed by atoms with E-state index in [0.29, 0.717) is 6.54 Å². The van der Waals surface area contributed by atoms with Crippen LogP contribution in [0.1, 0.15) is 36.6 Å². The predicted octanol–water partition coefficient (Wildman–Crippen LogP) is 1.56. The predicted molar refractivity (Wildman–Crippen MR) is 110 cm³/mol. The molecule has 25 heavy (non-hydrogen) atoms. The van der Waals surface area contributed by atoms with Gasteiger partial charge in [-0.1, -0.05) is 6.92 Å². The van der Waals surface area contributed by atoms with Crippen LogP contribution in [0.15, 0.2) is 11.3 Å². The fourth-order valence-corrected chi connectivity index (χ4v) is 2.58. The summed E-state index contributed by atoms with van der Waals surface area (Å²) in [5, 5.41) is 19.1. The maximum Gasteiger partial charge on any atom is 0.191 e. The molecule has 9 heteroatoms. The molecular formula is C16H29IN8. The van der Waals surface area contributed by atoms with Gasteiger partial charge in [-0.3, -0.25) is 4.68 Å². The molecule has 2 heterocycles. The van der Waals surface area contributed by atoms with Crippen molar-refractivity contribution in [3.8, 4) is 0 Å². The Kier molecular flexibility index (Phi) is 8.87. The van der Waals surface area contributed by atoms with Gasteiger partial charge in [0.15, 0.2) is 5.96 Å². The minimum atomic E-state index is 0. The molecule has 0 spiro atoms. The normalized spacial score (nSPS) is 11.3. The molecule has 2 aromatic heterocycles. The molecule has 0 atom stereocenters. The Hall–Kier alpha value is -1.65. The fourth-order valence-electron chi connectivity index (χ4n) is 2.58. The van der Waals surface area contributed by atoms with Crippen molar-refractivity contribution in [3.05, 3.63) is 29.1 Å². The Bertz CT molecular complexity index is 688. The summed E-state index contributed by atoms with van der Waals surface area (Å²) in [6.07, 6.45) is 2.65. The van der Waals surface area contributed by atoms with E-state index in [2.05, 4.69) is 56.3 Å². The maximum atomic E-state index is 4.68. The zero-order valence-corrected chi connectivity index (χ0v) is 18.0. The van der Waals surface area contributed by atoms with E-state index in [1.54, 1.807) is 6.33 Å². The molecule has 2 aromatic rings. The number of rotatable bonds is 7. The number of guanidine groups is 1. The maximum absolute atomic E-state index is 4.68. The van der Waals surface area contributed by atoms with Crippen molar-refractivity contribution in [1.29, 1.82) is 0 Å². The van der Waals surface area contributed by atoms with Gasteiger partial charge in [-0.15, -0.1) is 34.2 Å². The monoisotopic (exact) mass is 460 g/mol. The van der Waals surface area contributed by atoms with Crippen LogP contribution >= 0.6 is 24.0 Å². The van der Waals surface area contributed by atoms with E-state index in [1.165, 1.54) is 5.56 Å². The van der Waals surface area contributed by atoms with Crippen molar-refractivity contribution in [1.82, 2.24) is 35.2 Å². The van der Waals surface area contributed by atoms with Crippen molar-refractivity contribution in [3.63, 3.8) is 0 Å². The molecule has 0 aliphatic carbocycles. The van der Waals surface area contributed by atoms with E-state index in [0.717, 1.165) is 49.2 Å². The molecule has 0 amide bonds. The second-order valence-corrected chi connectivity index (χ2v) is 5.69. The first kappa shape index (κ1) is 21.4. The smallest absolute Gasteiger partial charge is 0.191 e. The van der Waals surface area contributed by atoms with E-state index in [1.807, 2.05) is 18.7 Å². The Labute approximate surface area is 166 Å². The molecule has 2 rings (SSSR count). The highest BCUT2D eigenvalue weighted by atomic mass is 127. The number of aromatic nitrogens is 5. The minimum absolute atomic E-state index is 0. The van der Waals surface area contributed by atoms with E-state index in [9.17, 15) is 0 Å². The average Bonchev–Trinajstić information content (AvgIpc) is 3.10. The summed E-state index contributed by atoms with van der Waals surface area (Å²) in [7, 11) is 1.96. The van der Waals surface area contributed by atoms with Crippen LogP contribution < -0.4 is 10.6 Å². The van der Waals surface area contributed by atoms with Crippen molar-refractivity contribution >= 4 is 29.9 Å². The lowest BCUT2D eigenvalue weighted by Crippen LogP contribution is -2.39. The summed E-state index contributed by atoms with van der Waals surface area (Å²) in [6.45, 7) is 11.3. The van der Waals surface area contributed by atoms with E-state index < -0.39 is 0 Å². The molecule has 0 saturated heterocycles. The van der Waals surface area contributed by atoms with Gasteiger partial charge in [-0.2, -0.15) is 5.10 Å². The summed E-state index contributed by atoms with van der Waals surface area (Å²) in [5.74, 6) is 1.81.